The lowest BCUT2D eigenvalue weighted by atomic mass is 10.1. The Morgan fingerprint density at radius 2 is 2.06 bits per heavy atom. The molecule has 1 atom stereocenters. The van der Waals surface area contributed by atoms with E-state index in [9.17, 15) is 9.50 Å². The number of benzene rings is 1. The maximum atomic E-state index is 13.8. The van der Waals surface area contributed by atoms with Gasteiger partial charge in [0, 0.05) is 24.7 Å². The van der Waals surface area contributed by atoms with E-state index in [0.717, 1.165) is 0 Å². The number of aliphatic hydroxyl groups is 1. The van der Waals surface area contributed by atoms with Gasteiger partial charge in [0.25, 0.3) is 0 Å². The van der Waals surface area contributed by atoms with Gasteiger partial charge >= 0.3 is 0 Å². The van der Waals surface area contributed by atoms with E-state index in [2.05, 4.69) is 0 Å². The van der Waals surface area contributed by atoms with Crippen molar-refractivity contribution < 1.29 is 9.50 Å². The van der Waals surface area contributed by atoms with Gasteiger partial charge in [-0.2, -0.15) is 5.26 Å². The van der Waals surface area contributed by atoms with Crippen molar-refractivity contribution in [2.75, 3.05) is 6.54 Å². The standard InChI is InChI=1S/C14H19FN2O/c1-10(2)17(8-11(3)18)9-13-5-4-12(7-16)6-14(13)15/h4-6,10-11,18H,8-9H2,1-3H3. The van der Waals surface area contributed by atoms with Crippen LogP contribution in [0.15, 0.2) is 18.2 Å². The maximum absolute atomic E-state index is 13.8. The Bertz CT molecular complexity index is 438. The smallest absolute Gasteiger partial charge is 0.129 e. The number of hydrogen-bond acceptors (Lipinski definition) is 3. The number of halogens is 1. The zero-order valence-corrected chi connectivity index (χ0v) is 11.0. The number of nitriles is 1. The van der Waals surface area contributed by atoms with Gasteiger partial charge in [0.1, 0.15) is 5.82 Å². The van der Waals surface area contributed by atoms with Crippen LogP contribution in [0.1, 0.15) is 31.9 Å². The van der Waals surface area contributed by atoms with E-state index in [-0.39, 0.29) is 11.9 Å². The highest BCUT2D eigenvalue weighted by Crippen LogP contribution is 2.14. The summed E-state index contributed by atoms with van der Waals surface area (Å²) in [5.41, 5.74) is 0.867. The minimum absolute atomic E-state index is 0.217. The Kier molecular flexibility index (Phi) is 5.26. The predicted octanol–water partition coefficient (Wildman–Crippen LogP) is 2.29. The minimum atomic E-state index is -0.450. The number of rotatable bonds is 5. The molecular weight excluding hydrogens is 231 g/mol. The molecule has 1 aromatic carbocycles. The molecule has 0 fully saturated rings. The molecule has 0 saturated carbocycles. The van der Waals surface area contributed by atoms with Gasteiger partial charge in [0.15, 0.2) is 0 Å². The summed E-state index contributed by atoms with van der Waals surface area (Å²) < 4.78 is 13.8. The van der Waals surface area contributed by atoms with Crippen LogP contribution in [0.4, 0.5) is 4.39 Å². The summed E-state index contributed by atoms with van der Waals surface area (Å²) in [5, 5.41) is 18.1. The van der Waals surface area contributed by atoms with Crippen LogP contribution in [0.5, 0.6) is 0 Å². The summed E-state index contributed by atoms with van der Waals surface area (Å²) >= 11 is 0. The van der Waals surface area contributed by atoms with E-state index in [1.165, 1.54) is 6.07 Å². The van der Waals surface area contributed by atoms with Crippen LogP contribution >= 0.6 is 0 Å². The fourth-order valence-electron chi connectivity index (χ4n) is 1.76. The van der Waals surface area contributed by atoms with Crippen LogP contribution in [-0.4, -0.2) is 28.7 Å². The lowest BCUT2D eigenvalue weighted by Gasteiger charge is -2.27. The summed E-state index contributed by atoms with van der Waals surface area (Å²) in [7, 11) is 0. The van der Waals surface area contributed by atoms with Gasteiger partial charge in [-0.15, -0.1) is 0 Å². The van der Waals surface area contributed by atoms with E-state index in [4.69, 9.17) is 5.26 Å². The third kappa shape index (κ3) is 4.10. The normalized spacial score (nSPS) is 12.8. The summed E-state index contributed by atoms with van der Waals surface area (Å²) in [5.74, 6) is -0.370. The zero-order valence-electron chi connectivity index (χ0n) is 11.0. The highest BCUT2D eigenvalue weighted by Gasteiger charge is 2.14. The van der Waals surface area contributed by atoms with E-state index >= 15 is 0 Å². The van der Waals surface area contributed by atoms with Crippen molar-refractivity contribution in [3.63, 3.8) is 0 Å². The Balaban J connectivity index is 2.84. The van der Waals surface area contributed by atoms with E-state index < -0.39 is 6.10 Å². The first-order valence-corrected chi connectivity index (χ1v) is 6.04. The van der Waals surface area contributed by atoms with Crippen molar-refractivity contribution in [1.29, 1.82) is 5.26 Å². The van der Waals surface area contributed by atoms with Crippen LogP contribution < -0.4 is 0 Å². The van der Waals surface area contributed by atoms with Gasteiger partial charge in [-0.25, -0.2) is 4.39 Å². The zero-order chi connectivity index (χ0) is 13.7. The quantitative estimate of drug-likeness (QED) is 0.872. The predicted molar refractivity (Wildman–Crippen MR) is 68.3 cm³/mol. The molecule has 1 unspecified atom stereocenters. The number of aliphatic hydroxyl groups excluding tert-OH is 1. The Hall–Kier alpha value is -1.44. The number of nitrogens with zero attached hydrogens (tertiary/aromatic N) is 2. The summed E-state index contributed by atoms with van der Waals surface area (Å²) in [6, 6.07) is 6.61. The van der Waals surface area contributed by atoms with Gasteiger partial charge in [0.05, 0.1) is 17.7 Å². The fourth-order valence-corrected chi connectivity index (χ4v) is 1.76. The SMILES string of the molecule is CC(O)CN(Cc1ccc(C#N)cc1F)C(C)C. The second-order valence-electron chi connectivity index (χ2n) is 4.79. The molecule has 0 aliphatic rings. The molecule has 98 valence electrons. The van der Waals surface area contributed by atoms with Gasteiger partial charge in [-0.1, -0.05) is 6.07 Å². The lowest BCUT2D eigenvalue weighted by Crippen LogP contribution is -2.36. The van der Waals surface area contributed by atoms with Crippen molar-refractivity contribution in [1.82, 2.24) is 4.90 Å². The van der Waals surface area contributed by atoms with E-state index in [1.54, 1.807) is 19.1 Å². The molecule has 0 heterocycles. The van der Waals surface area contributed by atoms with Crippen molar-refractivity contribution >= 4 is 0 Å². The monoisotopic (exact) mass is 250 g/mol. The highest BCUT2D eigenvalue weighted by atomic mass is 19.1. The molecule has 0 saturated heterocycles. The van der Waals surface area contributed by atoms with Crippen LogP contribution in [-0.2, 0) is 6.54 Å². The molecule has 1 rings (SSSR count). The summed E-state index contributed by atoms with van der Waals surface area (Å²) in [6.45, 7) is 6.65. The molecule has 0 aliphatic carbocycles. The van der Waals surface area contributed by atoms with E-state index in [1.807, 2.05) is 24.8 Å². The van der Waals surface area contributed by atoms with Crippen molar-refractivity contribution in [2.24, 2.45) is 0 Å². The molecule has 0 radical (unpaired) electrons. The first-order valence-electron chi connectivity index (χ1n) is 6.04. The largest absolute Gasteiger partial charge is 0.392 e. The molecule has 1 N–H and O–H groups in total. The molecule has 0 amide bonds. The average Bonchev–Trinajstić information content (AvgIpc) is 2.29. The molecule has 0 spiro atoms. The molecule has 18 heavy (non-hydrogen) atoms. The van der Waals surface area contributed by atoms with Crippen LogP contribution in [0.2, 0.25) is 0 Å². The third-order valence-corrected chi connectivity index (χ3v) is 2.78. The Morgan fingerprint density at radius 3 is 2.50 bits per heavy atom. The minimum Gasteiger partial charge on any atom is -0.392 e. The van der Waals surface area contributed by atoms with Crippen LogP contribution in [0, 0.1) is 17.1 Å². The molecule has 0 bridgehead atoms. The summed E-state index contributed by atoms with van der Waals surface area (Å²) in [6.07, 6.45) is -0.450. The second kappa shape index (κ2) is 6.48. The highest BCUT2D eigenvalue weighted by molar-refractivity contribution is 5.32. The molecule has 0 aliphatic heterocycles. The van der Waals surface area contributed by atoms with Crippen LogP contribution in [0.25, 0.3) is 0 Å². The molecular formula is C14H19FN2O. The van der Waals surface area contributed by atoms with Gasteiger partial charge in [0.2, 0.25) is 0 Å². The third-order valence-electron chi connectivity index (χ3n) is 2.78. The van der Waals surface area contributed by atoms with Crippen LogP contribution in [0.3, 0.4) is 0 Å². The van der Waals surface area contributed by atoms with E-state index in [0.29, 0.717) is 24.2 Å². The lowest BCUT2D eigenvalue weighted by molar-refractivity contribution is 0.102. The molecule has 3 nitrogen and oxygen atoms in total. The van der Waals surface area contributed by atoms with Crippen molar-refractivity contribution in [3.05, 3.63) is 35.1 Å². The first-order chi connectivity index (χ1) is 8.43. The molecule has 0 aromatic heterocycles. The Labute approximate surface area is 107 Å². The maximum Gasteiger partial charge on any atom is 0.129 e. The topological polar surface area (TPSA) is 47.3 Å². The molecule has 1 aromatic rings. The van der Waals surface area contributed by atoms with Gasteiger partial charge < -0.3 is 5.11 Å². The number of hydrogen-bond donors (Lipinski definition) is 1. The van der Waals surface area contributed by atoms with Gasteiger partial charge in [-0.05, 0) is 32.9 Å². The average molecular weight is 250 g/mol. The fraction of sp³-hybridized carbons (Fsp3) is 0.500. The Morgan fingerprint density at radius 1 is 1.39 bits per heavy atom. The van der Waals surface area contributed by atoms with Gasteiger partial charge in [-0.3, -0.25) is 4.90 Å². The first kappa shape index (κ1) is 14.6. The van der Waals surface area contributed by atoms with Crippen molar-refractivity contribution in [3.8, 4) is 6.07 Å². The van der Waals surface area contributed by atoms with Crippen molar-refractivity contribution in [2.45, 2.75) is 39.5 Å². The summed E-state index contributed by atoms with van der Waals surface area (Å²) in [4.78, 5) is 2.00. The second-order valence-corrected chi connectivity index (χ2v) is 4.79. The molecule has 4 heteroatoms.